The second kappa shape index (κ2) is 6.65. The van der Waals surface area contributed by atoms with Gasteiger partial charge in [-0.3, -0.25) is 4.79 Å². The molecule has 4 nitrogen and oxygen atoms in total. The molecule has 0 rings (SSSR count). The number of carbonyl (C=O) groups is 1. The molecule has 0 spiro atoms. The first-order valence-corrected chi connectivity index (χ1v) is 5.37. The highest BCUT2D eigenvalue weighted by molar-refractivity contribution is 7.73. The molecule has 2 N–H and O–H groups in total. The Morgan fingerprint density at radius 3 is 2.31 bits per heavy atom. The minimum Gasteiger partial charge on any atom is -0.369 e. The van der Waals surface area contributed by atoms with Crippen molar-refractivity contribution in [3.8, 4) is 0 Å². The van der Waals surface area contributed by atoms with Crippen LogP contribution >= 0.6 is 0 Å². The Labute approximate surface area is 79.7 Å². The third-order valence-electron chi connectivity index (χ3n) is 1.67. The van der Waals surface area contributed by atoms with Gasteiger partial charge in [0.2, 0.25) is 16.2 Å². The predicted molar refractivity (Wildman–Crippen MR) is 51.9 cm³/mol. The number of rotatable bonds is 6. The van der Waals surface area contributed by atoms with Gasteiger partial charge in [0.1, 0.15) is 0 Å². The molecule has 0 saturated carbocycles. The fourth-order valence-electron chi connectivity index (χ4n) is 0.997. The van der Waals surface area contributed by atoms with Crippen LogP contribution in [0.2, 0.25) is 0 Å². The summed E-state index contributed by atoms with van der Waals surface area (Å²) in [4.78, 5) is 10.7. The summed E-state index contributed by atoms with van der Waals surface area (Å²) in [6, 6.07) is 0. The van der Waals surface area contributed by atoms with Gasteiger partial charge in [-0.15, -0.1) is 0 Å². The van der Waals surface area contributed by atoms with Crippen molar-refractivity contribution in [1.82, 2.24) is 0 Å². The SMILES string of the molecule is CCCCCC(CC(N)=O)=S(=O)=O. The molecule has 0 heterocycles. The van der Waals surface area contributed by atoms with Gasteiger partial charge >= 0.3 is 0 Å². The van der Waals surface area contributed by atoms with E-state index in [1.165, 1.54) is 0 Å². The summed E-state index contributed by atoms with van der Waals surface area (Å²) in [7, 11) is -2.26. The molecule has 0 bridgehead atoms. The van der Waals surface area contributed by atoms with Crippen molar-refractivity contribution in [3.63, 3.8) is 0 Å². The van der Waals surface area contributed by atoms with E-state index in [9.17, 15) is 13.2 Å². The van der Waals surface area contributed by atoms with E-state index in [-0.39, 0.29) is 11.3 Å². The van der Waals surface area contributed by atoms with Crippen molar-refractivity contribution in [3.05, 3.63) is 0 Å². The maximum absolute atomic E-state index is 10.6. The van der Waals surface area contributed by atoms with Crippen molar-refractivity contribution in [2.24, 2.45) is 5.73 Å². The van der Waals surface area contributed by atoms with E-state index in [1.54, 1.807) is 0 Å². The van der Waals surface area contributed by atoms with Gasteiger partial charge in [0.05, 0.1) is 11.3 Å². The number of hydrogen-bond acceptors (Lipinski definition) is 3. The molecule has 0 aliphatic heterocycles. The summed E-state index contributed by atoms with van der Waals surface area (Å²) in [5.74, 6) is -0.587. The largest absolute Gasteiger partial charge is 0.369 e. The van der Waals surface area contributed by atoms with Crippen molar-refractivity contribution < 1.29 is 13.2 Å². The van der Waals surface area contributed by atoms with Crippen LogP contribution in [0.4, 0.5) is 0 Å². The number of unbranched alkanes of at least 4 members (excludes halogenated alkanes) is 2. The average Bonchev–Trinajstić information content (AvgIpc) is 2.02. The monoisotopic (exact) mass is 205 g/mol. The summed E-state index contributed by atoms with van der Waals surface area (Å²) in [6.45, 7) is 2.03. The van der Waals surface area contributed by atoms with Gasteiger partial charge in [-0.1, -0.05) is 19.8 Å². The molecule has 0 fully saturated rings. The second-order valence-corrected chi connectivity index (χ2v) is 3.92. The van der Waals surface area contributed by atoms with Crippen LogP contribution in [0.5, 0.6) is 0 Å². The number of amides is 1. The zero-order valence-electron chi connectivity index (χ0n) is 7.75. The second-order valence-electron chi connectivity index (χ2n) is 2.87. The molecule has 0 unspecified atom stereocenters. The van der Waals surface area contributed by atoms with Crippen LogP contribution in [-0.4, -0.2) is 19.2 Å². The first-order chi connectivity index (χ1) is 6.07. The van der Waals surface area contributed by atoms with Crippen molar-refractivity contribution in [1.29, 1.82) is 0 Å². The van der Waals surface area contributed by atoms with E-state index >= 15 is 0 Å². The molecule has 0 aliphatic rings. The minimum atomic E-state index is -2.26. The summed E-state index contributed by atoms with van der Waals surface area (Å²) >= 11 is 0. The summed E-state index contributed by atoms with van der Waals surface area (Å²) in [6.07, 6.45) is 3.11. The van der Waals surface area contributed by atoms with Crippen molar-refractivity contribution >= 4 is 21.1 Å². The molecule has 0 aromatic carbocycles. The Morgan fingerprint density at radius 2 is 1.92 bits per heavy atom. The molecule has 0 aromatic heterocycles. The summed E-state index contributed by atoms with van der Waals surface area (Å²) in [5, 5.41) is 0. The molecule has 13 heavy (non-hydrogen) atoms. The molecule has 5 heteroatoms. The standard InChI is InChI=1S/C8H15NO3S/c1-2-3-4-5-7(13(11)12)6-8(9)10/h2-6H2,1H3,(H2,9,10). The summed E-state index contributed by atoms with van der Waals surface area (Å²) < 4.78 is 21.2. The normalized spacial score (nSPS) is 9.62. The molecule has 0 aliphatic carbocycles. The average molecular weight is 205 g/mol. The number of hydrogen-bond donors (Lipinski definition) is 1. The fraction of sp³-hybridized carbons (Fsp3) is 0.750. The maximum Gasteiger partial charge on any atom is 0.222 e. The highest BCUT2D eigenvalue weighted by Gasteiger charge is 2.05. The molecule has 0 radical (unpaired) electrons. The Kier molecular flexibility index (Phi) is 6.22. The smallest absolute Gasteiger partial charge is 0.222 e. The third kappa shape index (κ3) is 6.33. The van der Waals surface area contributed by atoms with Crippen LogP contribution in [0.15, 0.2) is 0 Å². The molecule has 76 valence electrons. The Morgan fingerprint density at radius 1 is 1.31 bits per heavy atom. The van der Waals surface area contributed by atoms with Gasteiger partial charge in [-0.25, -0.2) is 0 Å². The van der Waals surface area contributed by atoms with Crippen LogP contribution in [0.25, 0.3) is 0 Å². The molecule has 1 amide bonds. The molecular formula is C8H15NO3S. The Balaban J connectivity index is 4.15. The summed E-state index contributed by atoms with van der Waals surface area (Å²) in [5.41, 5.74) is 4.90. The van der Waals surface area contributed by atoms with E-state index in [2.05, 4.69) is 0 Å². The van der Waals surface area contributed by atoms with Gasteiger partial charge < -0.3 is 5.73 Å². The molecule has 0 saturated heterocycles. The Bertz CT molecular complexity index is 285. The van der Waals surface area contributed by atoms with Gasteiger partial charge in [0.15, 0.2) is 0 Å². The van der Waals surface area contributed by atoms with Gasteiger partial charge in [-0.05, 0) is 12.8 Å². The first-order valence-electron chi connectivity index (χ1n) is 4.30. The number of nitrogens with two attached hydrogens (primary N) is 1. The van der Waals surface area contributed by atoms with Crippen molar-refractivity contribution in [2.75, 3.05) is 0 Å². The van der Waals surface area contributed by atoms with E-state index in [0.717, 1.165) is 19.3 Å². The van der Waals surface area contributed by atoms with Crippen LogP contribution in [-0.2, 0) is 15.1 Å². The number of carbonyl (C=O) groups excluding carboxylic acids is 1. The quantitative estimate of drug-likeness (QED) is 0.506. The predicted octanol–water partition coefficient (Wildman–Crippen LogP) is 0.494. The van der Waals surface area contributed by atoms with E-state index in [1.807, 2.05) is 6.92 Å². The zero-order chi connectivity index (χ0) is 10.3. The van der Waals surface area contributed by atoms with Crippen LogP contribution in [0.3, 0.4) is 0 Å². The van der Waals surface area contributed by atoms with Crippen LogP contribution in [0, 0.1) is 0 Å². The molecule has 0 aromatic rings. The topological polar surface area (TPSA) is 77.2 Å². The highest BCUT2D eigenvalue weighted by atomic mass is 32.2. The fourth-order valence-corrected chi connectivity index (χ4v) is 1.57. The number of primary amides is 1. The lowest BCUT2D eigenvalue weighted by Crippen LogP contribution is -2.16. The maximum atomic E-state index is 10.6. The van der Waals surface area contributed by atoms with E-state index in [4.69, 9.17) is 5.73 Å². The Hall–Kier alpha value is -0.840. The molecule has 0 atom stereocenters. The minimum absolute atomic E-state index is 0.139. The van der Waals surface area contributed by atoms with Crippen molar-refractivity contribution in [2.45, 2.75) is 39.0 Å². The van der Waals surface area contributed by atoms with Gasteiger partial charge in [0, 0.05) is 0 Å². The lowest BCUT2D eigenvalue weighted by molar-refractivity contribution is -0.116. The first kappa shape index (κ1) is 12.2. The lowest BCUT2D eigenvalue weighted by Gasteiger charge is -1.98. The van der Waals surface area contributed by atoms with Gasteiger partial charge in [0.25, 0.3) is 0 Å². The van der Waals surface area contributed by atoms with Crippen LogP contribution < -0.4 is 5.73 Å². The lowest BCUT2D eigenvalue weighted by atomic mass is 10.1. The zero-order valence-corrected chi connectivity index (χ0v) is 8.56. The van der Waals surface area contributed by atoms with Crippen LogP contribution in [0.1, 0.15) is 39.0 Å². The van der Waals surface area contributed by atoms with Gasteiger partial charge in [-0.2, -0.15) is 8.42 Å². The van der Waals surface area contributed by atoms with E-state index in [0.29, 0.717) is 6.42 Å². The third-order valence-corrected chi connectivity index (χ3v) is 2.49. The highest BCUT2D eigenvalue weighted by Crippen LogP contribution is 2.02. The van der Waals surface area contributed by atoms with E-state index < -0.39 is 16.2 Å². The molecular weight excluding hydrogens is 190 g/mol.